The lowest BCUT2D eigenvalue weighted by molar-refractivity contribution is -0.133. The largest absolute Gasteiger partial charge is 0.351 e. The molecule has 0 bridgehead atoms. The van der Waals surface area contributed by atoms with E-state index in [1.807, 2.05) is 6.92 Å². The van der Waals surface area contributed by atoms with Gasteiger partial charge < -0.3 is 5.32 Å². The van der Waals surface area contributed by atoms with Crippen LogP contribution in [0.15, 0.2) is 18.2 Å². The van der Waals surface area contributed by atoms with Crippen molar-refractivity contribution in [1.29, 1.82) is 0 Å². The molecule has 1 saturated heterocycles. The number of aryl methyl sites for hydroxylation is 1. The standard InChI is InChI=1S/C21H30ClN3O4S/c1-4-30(28,29)24-13-19(26)25(18-12-16(22)11-10-15(18)2)21(3,14-24)20(27)23-17-8-6-5-7-9-17/h10-12,17H,4-9,13-14H2,1-3H3,(H,23,27)/t21-/m1/s1. The summed E-state index contributed by atoms with van der Waals surface area (Å²) in [6, 6.07) is 5.21. The zero-order chi connectivity index (χ0) is 22.1. The lowest BCUT2D eigenvalue weighted by Crippen LogP contribution is -2.71. The summed E-state index contributed by atoms with van der Waals surface area (Å²) in [5, 5.41) is 3.53. The highest BCUT2D eigenvalue weighted by Gasteiger charge is 2.51. The summed E-state index contributed by atoms with van der Waals surface area (Å²) in [6.07, 6.45) is 5.03. The van der Waals surface area contributed by atoms with Crippen LogP contribution < -0.4 is 10.2 Å². The number of amides is 2. The van der Waals surface area contributed by atoms with Gasteiger partial charge in [0.25, 0.3) is 0 Å². The topological polar surface area (TPSA) is 86.8 Å². The van der Waals surface area contributed by atoms with Crippen molar-refractivity contribution >= 4 is 39.1 Å². The molecule has 1 aliphatic carbocycles. The van der Waals surface area contributed by atoms with Crippen molar-refractivity contribution in [3.8, 4) is 0 Å². The summed E-state index contributed by atoms with van der Waals surface area (Å²) in [5.74, 6) is -0.903. The van der Waals surface area contributed by atoms with Gasteiger partial charge in [-0.3, -0.25) is 14.5 Å². The van der Waals surface area contributed by atoms with E-state index in [2.05, 4.69) is 5.32 Å². The van der Waals surface area contributed by atoms with E-state index >= 15 is 0 Å². The maximum Gasteiger partial charge on any atom is 0.247 e. The molecule has 0 unspecified atom stereocenters. The van der Waals surface area contributed by atoms with Gasteiger partial charge in [-0.2, -0.15) is 4.31 Å². The van der Waals surface area contributed by atoms with Gasteiger partial charge in [0.1, 0.15) is 5.54 Å². The van der Waals surface area contributed by atoms with Crippen molar-refractivity contribution in [3.05, 3.63) is 28.8 Å². The van der Waals surface area contributed by atoms with Crippen molar-refractivity contribution in [2.75, 3.05) is 23.7 Å². The van der Waals surface area contributed by atoms with E-state index in [-0.39, 0.29) is 30.8 Å². The summed E-state index contributed by atoms with van der Waals surface area (Å²) in [7, 11) is -3.64. The van der Waals surface area contributed by atoms with Crippen LogP contribution >= 0.6 is 11.6 Å². The normalized spacial score (nSPS) is 24.1. The number of nitrogens with one attached hydrogen (secondary N) is 1. The second kappa shape index (κ2) is 8.85. The molecule has 1 aromatic carbocycles. The van der Waals surface area contributed by atoms with Gasteiger partial charge >= 0.3 is 0 Å². The number of rotatable bonds is 5. The maximum atomic E-state index is 13.5. The molecule has 166 valence electrons. The summed E-state index contributed by atoms with van der Waals surface area (Å²) in [6.45, 7) is 4.62. The van der Waals surface area contributed by atoms with Crippen LogP contribution in [0.4, 0.5) is 5.69 Å². The molecule has 3 rings (SSSR count). The molecule has 7 nitrogen and oxygen atoms in total. The van der Waals surface area contributed by atoms with Crippen LogP contribution in [0.25, 0.3) is 0 Å². The van der Waals surface area contributed by atoms with E-state index in [9.17, 15) is 18.0 Å². The van der Waals surface area contributed by atoms with Crippen LogP contribution in [0, 0.1) is 6.92 Å². The van der Waals surface area contributed by atoms with E-state index in [0.717, 1.165) is 42.0 Å². The van der Waals surface area contributed by atoms with Gasteiger partial charge in [0, 0.05) is 23.3 Å². The number of hydrogen-bond donors (Lipinski definition) is 1. The highest BCUT2D eigenvalue weighted by atomic mass is 35.5. The SMILES string of the molecule is CCS(=O)(=O)N1CC(=O)N(c2cc(Cl)ccc2C)[C@@](C)(C(=O)NC2CCCCC2)C1. The first-order valence-electron chi connectivity index (χ1n) is 10.5. The molecule has 1 atom stereocenters. The fourth-order valence-electron chi connectivity index (χ4n) is 4.33. The van der Waals surface area contributed by atoms with Crippen LogP contribution in [0.3, 0.4) is 0 Å². The number of benzene rings is 1. The average Bonchev–Trinajstić information content (AvgIpc) is 2.70. The van der Waals surface area contributed by atoms with E-state index in [1.54, 1.807) is 25.1 Å². The highest BCUT2D eigenvalue weighted by molar-refractivity contribution is 7.89. The Kier molecular flexibility index (Phi) is 6.79. The number of nitrogens with zero attached hydrogens (tertiary/aromatic N) is 2. The summed E-state index contributed by atoms with van der Waals surface area (Å²) >= 11 is 6.19. The predicted molar refractivity (Wildman–Crippen MR) is 118 cm³/mol. The van der Waals surface area contributed by atoms with Gasteiger partial charge in [-0.05, 0) is 51.3 Å². The fourth-order valence-corrected chi connectivity index (χ4v) is 5.62. The lowest BCUT2D eigenvalue weighted by Gasteiger charge is -2.47. The Bertz CT molecular complexity index is 930. The molecular formula is C21H30ClN3O4S. The second-order valence-corrected chi connectivity index (χ2v) is 11.1. The molecular weight excluding hydrogens is 426 g/mol. The quantitative estimate of drug-likeness (QED) is 0.739. The zero-order valence-corrected chi connectivity index (χ0v) is 19.4. The van der Waals surface area contributed by atoms with E-state index < -0.39 is 21.5 Å². The third-order valence-electron chi connectivity index (χ3n) is 6.14. The van der Waals surface area contributed by atoms with Gasteiger partial charge in [0.15, 0.2) is 0 Å². The van der Waals surface area contributed by atoms with Crippen LogP contribution in [0.1, 0.15) is 51.5 Å². The number of hydrogen-bond acceptors (Lipinski definition) is 4. The number of sulfonamides is 1. The Balaban J connectivity index is 2.03. The summed E-state index contributed by atoms with van der Waals surface area (Å²) in [4.78, 5) is 28.2. The molecule has 2 fully saturated rings. The molecule has 1 aliphatic heterocycles. The van der Waals surface area contributed by atoms with Crippen molar-refractivity contribution in [2.24, 2.45) is 0 Å². The van der Waals surface area contributed by atoms with Crippen LogP contribution in [-0.4, -0.2) is 55.0 Å². The minimum Gasteiger partial charge on any atom is -0.351 e. The molecule has 9 heteroatoms. The van der Waals surface area contributed by atoms with Gasteiger partial charge in [-0.25, -0.2) is 8.42 Å². The molecule has 1 heterocycles. The van der Waals surface area contributed by atoms with Crippen LogP contribution in [0.5, 0.6) is 0 Å². The zero-order valence-electron chi connectivity index (χ0n) is 17.8. The minimum absolute atomic E-state index is 0.0404. The van der Waals surface area contributed by atoms with Gasteiger partial charge in [0.2, 0.25) is 21.8 Å². The number of carbonyl (C=O) groups is 2. The first-order valence-corrected chi connectivity index (χ1v) is 12.4. The van der Waals surface area contributed by atoms with E-state index in [4.69, 9.17) is 11.6 Å². The van der Waals surface area contributed by atoms with Crippen molar-refractivity contribution in [1.82, 2.24) is 9.62 Å². The third kappa shape index (κ3) is 4.50. The van der Waals surface area contributed by atoms with Crippen LogP contribution in [-0.2, 0) is 19.6 Å². The minimum atomic E-state index is -3.64. The predicted octanol–water partition coefficient (Wildman–Crippen LogP) is 2.85. The maximum absolute atomic E-state index is 13.5. The smallest absolute Gasteiger partial charge is 0.247 e. The Morgan fingerprint density at radius 2 is 1.93 bits per heavy atom. The number of halogens is 1. The van der Waals surface area contributed by atoms with Crippen LogP contribution in [0.2, 0.25) is 5.02 Å². The Morgan fingerprint density at radius 3 is 2.57 bits per heavy atom. The molecule has 1 N–H and O–H groups in total. The van der Waals surface area contributed by atoms with Gasteiger partial charge in [0.05, 0.1) is 12.3 Å². The monoisotopic (exact) mass is 455 g/mol. The van der Waals surface area contributed by atoms with E-state index in [1.165, 1.54) is 11.8 Å². The lowest BCUT2D eigenvalue weighted by atomic mass is 9.91. The van der Waals surface area contributed by atoms with Crippen molar-refractivity contribution in [3.63, 3.8) is 0 Å². The molecule has 2 amide bonds. The molecule has 0 radical (unpaired) electrons. The second-order valence-electron chi connectivity index (χ2n) is 8.41. The van der Waals surface area contributed by atoms with Crippen molar-refractivity contribution in [2.45, 2.75) is 64.5 Å². The third-order valence-corrected chi connectivity index (χ3v) is 8.15. The van der Waals surface area contributed by atoms with Crippen molar-refractivity contribution < 1.29 is 18.0 Å². The average molecular weight is 456 g/mol. The number of piperazine rings is 1. The molecule has 0 aromatic heterocycles. The number of carbonyl (C=O) groups excluding carboxylic acids is 2. The van der Waals surface area contributed by atoms with Gasteiger partial charge in [-0.1, -0.05) is 36.9 Å². The molecule has 1 saturated carbocycles. The Labute approximate surface area is 183 Å². The molecule has 2 aliphatic rings. The first kappa shape index (κ1) is 23.0. The first-order chi connectivity index (χ1) is 14.1. The Hall–Kier alpha value is -1.64. The highest BCUT2D eigenvalue weighted by Crippen LogP contribution is 2.35. The molecule has 30 heavy (non-hydrogen) atoms. The summed E-state index contributed by atoms with van der Waals surface area (Å²) < 4.78 is 26.3. The fraction of sp³-hybridized carbons (Fsp3) is 0.619. The molecule has 1 aromatic rings. The Morgan fingerprint density at radius 1 is 1.27 bits per heavy atom. The van der Waals surface area contributed by atoms with E-state index in [0.29, 0.717) is 10.7 Å². The number of anilines is 1. The van der Waals surface area contributed by atoms with Gasteiger partial charge in [-0.15, -0.1) is 0 Å². The molecule has 0 spiro atoms. The summed E-state index contributed by atoms with van der Waals surface area (Å²) in [5.41, 5.74) is -0.0663.